The van der Waals surface area contributed by atoms with Crippen LogP contribution in [0.4, 0.5) is 0 Å². The van der Waals surface area contributed by atoms with Crippen LogP contribution in [0.15, 0.2) is 107 Å². The summed E-state index contributed by atoms with van der Waals surface area (Å²) in [7, 11) is 0. The highest BCUT2D eigenvalue weighted by atomic mass is 35.5. The first-order chi connectivity index (χ1) is 18.1. The summed E-state index contributed by atoms with van der Waals surface area (Å²) < 4.78 is 7.99. The third-order valence-electron chi connectivity index (χ3n) is 6.66. The van der Waals surface area contributed by atoms with Crippen molar-refractivity contribution in [2.24, 2.45) is 0 Å². The number of fused-ring (bicyclic) bond motifs is 3. The molecule has 0 aliphatic heterocycles. The van der Waals surface area contributed by atoms with E-state index in [1.807, 2.05) is 77.4 Å². The molecule has 2 aromatic heterocycles. The number of allylic oxidation sites excluding steroid dienone is 1. The average molecular weight is 501 g/mol. The number of nitrogens with zero attached hydrogens (tertiary/aromatic N) is 2. The van der Waals surface area contributed by atoms with Crippen molar-refractivity contribution in [3.63, 3.8) is 0 Å². The molecule has 0 saturated heterocycles. The number of Topliss-reactive ketones (excluding diaryl/α,β-unsaturated/α-hetero) is 2. The summed E-state index contributed by atoms with van der Waals surface area (Å²) in [6.45, 7) is 0. The zero-order chi connectivity index (χ0) is 25.1. The summed E-state index contributed by atoms with van der Waals surface area (Å²) in [6.07, 6.45) is 1.57. The van der Waals surface area contributed by atoms with Gasteiger partial charge in [-0.2, -0.15) is 4.98 Å². The lowest BCUT2D eigenvalue weighted by atomic mass is 10.0. The molecule has 0 atom stereocenters. The van der Waals surface area contributed by atoms with Crippen molar-refractivity contribution in [2.75, 3.05) is 0 Å². The van der Waals surface area contributed by atoms with Crippen LogP contribution in [0.5, 0.6) is 0 Å². The molecule has 0 saturated carbocycles. The van der Waals surface area contributed by atoms with Crippen LogP contribution >= 0.6 is 11.6 Å². The lowest BCUT2D eigenvalue weighted by Gasteiger charge is -2.06. The molecule has 1 aliphatic carbocycles. The van der Waals surface area contributed by atoms with E-state index in [-0.39, 0.29) is 17.1 Å². The Labute approximate surface area is 216 Å². The Bertz CT molecular complexity index is 1860. The maximum Gasteiger partial charge on any atom is 0.246 e. The second kappa shape index (κ2) is 8.15. The first-order valence-electron chi connectivity index (χ1n) is 11.7. The molecular formula is C31H17ClN2O3. The van der Waals surface area contributed by atoms with Gasteiger partial charge in [-0.3, -0.25) is 14.2 Å². The fourth-order valence-electron chi connectivity index (χ4n) is 4.86. The molecule has 1 aliphatic rings. The Morgan fingerprint density at radius 1 is 0.757 bits per heavy atom. The number of hydrogen-bond donors (Lipinski definition) is 0. The third kappa shape index (κ3) is 3.44. The third-order valence-corrected chi connectivity index (χ3v) is 6.91. The van der Waals surface area contributed by atoms with Gasteiger partial charge in [-0.1, -0.05) is 54.1 Å². The van der Waals surface area contributed by atoms with Gasteiger partial charge in [0.15, 0.2) is 11.6 Å². The molecule has 0 radical (unpaired) electrons. The Morgan fingerprint density at radius 2 is 1.38 bits per heavy atom. The molecule has 0 amide bonds. The van der Waals surface area contributed by atoms with Crippen LogP contribution in [-0.2, 0) is 0 Å². The van der Waals surface area contributed by atoms with Crippen LogP contribution in [-0.4, -0.2) is 21.1 Å². The highest BCUT2D eigenvalue weighted by molar-refractivity contribution is 6.42. The highest BCUT2D eigenvalue weighted by Gasteiger charge is 2.34. The van der Waals surface area contributed by atoms with E-state index < -0.39 is 0 Å². The quantitative estimate of drug-likeness (QED) is 0.186. The SMILES string of the molecule is O=C1C(=Cc2nc3oc(-c4ccc(Cl)cc4)cc3n2-c2ccccc2)C(=O)c2cc3ccccc3cc21. The molecule has 6 heteroatoms. The summed E-state index contributed by atoms with van der Waals surface area (Å²) in [5, 5.41) is 2.48. The van der Waals surface area contributed by atoms with E-state index in [9.17, 15) is 9.59 Å². The molecule has 5 nitrogen and oxygen atoms in total. The number of imidazole rings is 1. The summed E-state index contributed by atoms with van der Waals surface area (Å²) in [4.78, 5) is 31.4. The average Bonchev–Trinajstić information content (AvgIpc) is 3.55. The van der Waals surface area contributed by atoms with Crippen LogP contribution in [0.3, 0.4) is 0 Å². The molecule has 0 bridgehead atoms. The lowest BCUT2D eigenvalue weighted by Crippen LogP contribution is -2.03. The Kier molecular flexibility index (Phi) is 4.74. The maximum absolute atomic E-state index is 13.4. The molecule has 37 heavy (non-hydrogen) atoms. The summed E-state index contributed by atoms with van der Waals surface area (Å²) in [6, 6.07) is 30.2. The molecular weight excluding hydrogens is 484 g/mol. The van der Waals surface area contributed by atoms with Gasteiger partial charge in [0.2, 0.25) is 5.71 Å². The van der Waals surface area contributed by atoms with Gasteiger partial charge in [-0.25, -0.2) is 0 Å². The van der Waals surface area contributed by atoms with E-state index in [0.717, 1.165) is 27.5 Å². The number of rotatable bonds is 3. The van der Waals surface area contributed by atoms with E-state index >= 15 is 0 Å². The number of furan rings is 1. The fourth-order valence-corrected chi connectivity index (χ4v) is 4.99. The van der Waals surface area contributed by atoms with Gasteiger partial charge >= 0.3 is 0 Å². The van der Waals surface area contributed by atoms with Crippen molar-refractivity contribution in [3.05, 3.63) is 125 Å². The van der Waals surface area contributed by atoms with Crippen LogP contribution in [0.1, 0.15) is 26.5 Å². The van der Waals surface area contributed by atoms with Crippen molar-refractivity contribution < 1.29 is 14.0 Å². The molecule has 0 unspecified atom stereocenters. The first-order valence-corrected chi connectivity index (χ1v) is 12.1. The lowest BCUT2D eigenvalue weighted by molar-refractivity contribution is 0.0990. The predicted molar refractivity (Wildman–Crippen MR) is 144 cm³/mol. The van der Waals surface area contributed by atoms with E-state index in [1.165, 1.54) is 0 Å². The van der Waals surface area contributed by atoms with Crippen molar-refractivity contribution in [3.8, 4) is 17.0 Å². The fraction of sp³-hybridized carbons (Fsp3) is 0. The number of benzene rings is 4. The minimum absolute atomic E-state index is 0.0908. The van der Waals surface area contributed by atoms with Gasteiger partial charge in [-0.05, 0) is 65.4 Å². The number of aromatic nitrogens is 2. The second-order valence-electron chi connectivity index (χ2n) is 8.91. The number of halogens is 1. The van der Waals surface area contributed by atoms with Gasteiger partial charge < -0.3 is 4.42 Å². The van der Waals surface area contributed by atoms with E-state index in [1.54, 1.807) is 30.3 Å². The number of carbonyl (C=O) groups is 2. The Morgan fingerprint density at radius 3 is 2.03 bits per heavy atom. The van der Waals surface area contributed by atoms with Crippen molar-refractivity contribution >= 4 is 51.2 Å². The van der Waals surface area contributed by atoms with E-state index in [0.29, 0.717) is 33.4 Å². The smallest absolute Gasteiger partial charge is 0.246 e. The van der Waals surface area contributed by atoms with Gasteiger partial charge in [0, 0.05) is 33.5 Å². The van der Waals surface area contributed by atoms with Crippen LogP contribution < -0.4 is 0 Å². The zero-order valence-electron chi connectivity index (χ0n) is 19.3. The Hall–Kier alpha value is -4.74. The van der Waals surface area contributed by atoms with Gasteiger partial charge in [-0.15, -0.1) is 0 Å². The summed E-state index contributed by atoms with van der Waals surface area (Å²) in [5.41, 5.74) is 3.76. The minimum atomic E-state index is -0.299. The topological polar surface area (TPSA) is 65.1 Å². The predicted octanol–water partition coefficient (Wildman–Crippen LogP) is 7.55. The molecule has 0 fully saturated rings. The number of carbonyl (C=O) groups excluding carboxylic acids is 2. The van der Waals surface area contributed by atoms with Crippen molar-refractivity contribution in [2.45, 2.75) is 0 Å². The maximum atomic E-state index is 13.4. The summed E-state index contributed by atoms with van der Waals surface area (Å²) >= 11 is 6.04. The Balaban J connectivity index is 1.39. The molecule has 6 aromatic rings. The largest absolute Gasteiger partial charge is 0.436 e. The molecule has 4 aromatic carbocycles. The standard InChI is InChI=1S/C31H17ClN2O3/c32-21-12-10-18(11-13-21)27-17-26-31(37-27)33-28(34(26)22-8-2-1-3-9-22)16-25-29(35)23-14-19-6-4-5-7-20(19)15-24(23)30(25)36/h1-17H. The van der Waals surface area contributed by atoms with Crippen molar-refractivity contribution in [1.82, 2.24) is 9.55 Å². The van der Waals surface area contributed by atoms with E-state index in [4.69, 9.17) is 21.0 Å². The van der Waals surface area contributed by atoms with Crippen LogP contribution in [0.2, 0.25) is 5.02 Å². The highest BCUT2D eigenvalue weighted by Crippen LogP contribution is 2.34. The normalized spacial score (nSPS) is 13.1. The molecule has 7 rings (SSSR count). The molecule has 0 N–H and O–H groups in total. The number of ketones is 2. The van der Waals surface area contributed by atoms with Crippen LogP contribution in [0, 0.1) is 0 Å². The van der Waals surface area contributed by atoms with Gasteiger partial charge in [0.1, 0.15) is 17.1 Å². The van der Waals surface area contributed by atoms with Gasteiger partial charge in [0.25, 0.3) is 0 Å². The molecule has 0 spiro atoms. The number of para-hydroxylation sites is 1. The molecule has 2 heterocycles. The monoisotopic (exact) mass is 500 g/mol. The summed E-state index contributed by atoms with van der Waals surface area (Å²) in [5.74, 6) is 0.487. The number of hydrogen-bond acceptors (Lipinski definition) is 4. The second-order valence-corrected chi connectivity index (χ2v) is 9.35. The molecule has 176 valence electrons. The van der Waals surface area contributed by atoms with Gasteiger partial charge in [0.05, 0.1) is 5.57 Å². The van der Waals surface area contributed by atoms with Crippen molar-refractivity contribution in [1.29, 1.82) is 0 Å². The minimum Gasteiger partial charge on any atom is -0.436 e. The first kappa shape index (κ1) is 21.5. The van der Waals surface area contributed by atoms with Crippen LogP contribution in [0.25, 0.3) is 45.1 Å². The van der Waals surface area contributed by atoms with E-state index in [2.05, 4.69) is 0 Å². The zero-order valence-corrected chi connectivity index (χ0v) is 20.1.